The van der Waals surface area contributed by atoms with E-state index in [9.17, 15) is 4.79 Å². The number of urea groups is 1. The Balaban J connectivity index is 1.51. The molecule has 1 N–H and O–H groups in total. The molecular weight excluding hydrogens is 322 g/mol. The lowest BCUT2D eigenvalue weighted by Crippen LogP contribution is -2.51. The number of hydrogen-bond acceptors (Lipinski definition) is 2. The van der Waals surface area contributed by atoms with Gasteiger partial charge in [-0.05, 0) is 36.2 Å². The van der Waals surface area contributed by atoms with Crippen molar-refractivity contribution in [2.45, 2.75) is 13.5 Å². The predicted octanol–water partition coefficient (Wildman–Crippen LogP) is 3.68. The Morgan fingerprint density at radius 3 is 2.54 bits per heavy atom. The topological polar surface area (TPSA) is 35.6 Å². The van der Waals surface area contributed by atoms with E-state index in [0.29, 0.717) is 19.6 Å². The van der Waals surface area contributed by atoms with Gasteiger partial charge in [-0.1, -0.05) is 41.9 Å². The quantitative estimate of drug-likeness (QED) is 0.922. The molecule has 0 unspecified atom stereocenters. The molecule has 1 heterocycles. The molecule has 2 aromatic carbocycles. The summed E-state index contributed by atoms with van der Waals surface area (Å²) in [6, 6.07) is 16.0. The number of amides is 2. The van der Waals surface area contributed by atoms with Gasteiger partial charge < -0.3 is 15.1 Å². The summed E-state index contributed by atoms with van der Waals surface area (Å²) in [6.45, 7) is 5.69. The van der Waals surface area contributed by atoms with Gasteiger partial charge in [0.1, 0.15) is 0 Å². The smallest absolute Gasteiger partial charge is 0.317 e. The molecule has 0 spiro atoms. The first kappa shape index (κ1) is 16.7. The maximum absolute atomic E-state index is 12.4. The second-order valence-corrected chi connectivity index (χ2v) is 6.48. The van der Waals surface area contributed by atoms with Crippen LogP contribution in [0.2, 0.25) is 5.02 Å². The number of halogens is 1. The number of piperazine rings is 1. The molecule has 0 saturated carbocycles. The first-order valence-corrected chi connectivity index (χ1v) is 8.59. The van der Waals surface area contributed by atoms with Crippen molar-refractivity contribution in [2.24, 2.45) is 0 Å². The van der Waals surface area contributed by atoms with Crippen LogP contribution in [0.15, 0.2) is 48.5 Å². The van der Waals surface area contributed by atoms with E-state index in [4.69, 9.17) is 11.6 Å². The summed E-state index contributed by atoms with van der Waals surface area (Å²) < 4.78 is 0. The monoisotopic (exact) mass is 343 g/mol. The van der Waals surface area contributed by atoms with Crippen LogP contribution in [0.1, 0.15) is 11.1 Å². The predicted molar refractivity (Wildman–Crippen MR) is 98.7 cm³/mol. The van der Waals surface area contributed by atoms with Gasteiger partial charge in [-0.2, -0.15) is 0 Å². The minimum atomic E-state index is 0.00370. The largest absolute Gasteiger partial charge is 0.368 e. The third-order valence-electron chi connectivity index (χ3n) is 4.43. The van der Waals surface area contributed by atoms with Crippen molar-refractivity contribution >= 4 is 23.3 Å². The Bertz CT molecular complexity index is 711. The molecule has 0 bridgehead atoms. The first-order chi connectivity index (χ1) is 11.6. The van der Waals surface area contributed by atoms with Crippen molar-refractivity contribution in [3.63, 3.8) is 0 Å². The van der Waals surface area contributed by atoms with Gasteiger partial charge in [-0.3, -0.25) is 0 Å². The van der Waals surface area contributed by atoms with Crippen molar-refractivity contribution in [3.05, 3.63) is 64.7 Å². The number of benzene rings is 2. The highest BCUT2D eigenvalue weighted by Crippen LogP contribution is 2.20. The molecule has 0 radical (unpaired) electrons. The minimum absolute atomic E-state index is 0.00370. The molecule has 4 nitrogen and oxygen atoms in total. The summed E-state index contributed by atoms with van der Waals surface area (Å²) in [4.78, 5) is 16.5. The molecule has 1 aliphatic rings. The van der Waals surface area contributed by atoms with Gasteiger partial charge in [-0.15, -0.1) is 0 Å². The third kappa shape index (κ3) is 4.01. The summed E-state index contributed by atoms with van der Waals surface area (Å²) in [5.74, 6) is 0. The SMILES string of the molecule is Cc1ccccc1CNC(=O)N1CCN(c2cccc(Cl)c2)CC1. The molecule has 3 rings (SSSR count). The summed E-state index contributed by atoms with van der Waals surface area (Å²) in [5.41, 5.74) is 3.47. The second kappa shape index (κ2) is 7.58. The summed E-state index contributed by atoms with van der Waals surface area (Å²) in [5, 5.41) is 3.76. The number of aryl methyl sites for hydroxylation is 1. The summed E-state index contributed by atoms with van der Waals surface area (Å²) in [7, 11) is 0. The Kier molecular flexibility index (Phi) is 5.26. The van der Waals surface area contributed by atoms with Gasteiger partial charge in [-0.25, -0.2) is 4.79 Å². The van der Waals surface area contributed by atoms with E-state index in [1.807, 2.05) is 41.3 Å². The zero-order valence-electron chi connectivity index (χ0n) is 13.8. The van der Waals surface area contributed by atoms with Crippen LogP contribution in [-0.4, -0.2) is 37.1 Å². The van der Waals surface area contributed by atoms with Gasteiger partial charge >= 0.3 is 6.03 Å². The third-order valence-corrected chi connectivity index (χ3v) is 4.67. The maximum atomic E-state index is 12.4. The average molecular weight is 344 g/mol. The molecule has 0 aromatic heterocycles. The van der Waals surface area contributed by atoms with Crippen molar-refractivity contribution in [1.29, 1.82) is 0 Å². The maximum Gasteiger partial charge on any atom is 0.317 e. The molecule has 5 heteroatoms. The standard InChI is InChI=1S/C19H22ClN3O/c1-15-5-2-3-6-16(15)14-21-19(24)23-11-9-22(10-12-23)18-8-4-7-17(20)13-18/h2-8,13H,9-12,14H2,1H3,(H,21,24). The zero-order chi connectivity index (χ0) is 16.9. The number of hydrogen-bond donors (Lipinski definition) is 1. The molecule has 1 aliphatic heterocycles. The van der Waals surface area contributed by atoms with Crippen LogP contribution >= 0.6 is 11.6 Å². The fourth-order valence-corrected chi connectivity index (χ4v) is 3.12. The molecule has 0 atom stereocenters. The highest BCUT2D eigenvalue weighted by atomic mass is 35.5. The Hall–Kier alpha value is -2.20. The number of nitrogens with one attached hydrogen (secondary N) is 1. The number of carbonyl (C=O) groups is 1. The Labute approximate surface area is 148 Å². The number of anilines is 1. The Morgan fingerprint density at radius 2 is 1.83 bits per heavy atom. The van der Waals surface area contributed by atoms with E-state index in [-0.39, 0.29) is 6.03 Å². The van der Waals surface area contributed by atoms with Crippen LogP contribution in [0.3, 0.4) is 0 Å². The molecule has 0 aliphatic carbocycles. The van der Waals surface area contributed by atoms with Gasteiger partial charge in [0.05, 0.1) is 0 Å². The molecule has 126 valence electrons. The molecule has 2 aromatic rings. The lowest BCUT2D eigenvalue weighted by molar-refractivity contribution is 0.194. The Morgan fingerprint density at radius 1 is 1.08 bits per heavy atom. The lowest BCUT2D eigenvalue weighted by atomic mass is 10.1. The minimum Gasteiger partial charge on any atom is -0.368 e. The summed E-state index contributed by atoms with van der Waals surface area (Å²) >= 11 is 6.05. The van der Waals surface area contributed by atoms with E-state index in [2.05, 4.69) is 29.3 Å². The highest BCUT2D eigenvalue weighted by Gasteiger charge is 2.21. The first-order valence-electron chi connectivity index (χ1n) is 8.21. The van der Waals surface area contributed by atoms with Crippen molar-refractivity contribution < 1.29 is 4.79 Å². The fourth-order valence-electron chi connectivity index (χ4n) is 2.93. The summed E-state index contributed by atoms with van der Waals surface area (Å²) in [6.07, 6.45) is 0. The van der Waals surface area contributed by atoms with Crippen molar-refractivity contribution in [3.8, 4) is 0 Å². The average Bonchev–Trinajstić information content (AvgIpc) is 2.61. The number of rotatable bonds is 3. The van der Waals surface area contributed by atoms with Crippen LogP contribution in [0, 0.1) is 6.92 Å². The van der Waals surface area contributed by atoms with E-state index in [0.717, 1.165) is 29.4 Å². The van der Waals surface area contributed by atoms with Crippen LogP contribution in [0.25, 0.3) is 0 Å². The number of carbonyl (C=O) groups excluding carboxylic acids is 1. The normalized spacial score (nSPS) is 14.6. The number of nitrogens with zero attached hydrogens (tertiary/aromatic N) is 2. The van der Waals surface area contributed by atoms with E-state index in [1.54, 1.807) is 0 Å². The molecular formula is C19H22ClN3O. The molecule has 2 amide bonds. The van der Waals surface area contributed by atoms with E-state index < -0.39 is 0 Å². The molecule has 1 fully saturated rings. The molecule has 24 heavy (non-hydrogen) atoms. The van der Waals surface area contributed by atoms with Crippen molar-refractivity contribution in [1.82, 2.24) is 10.2 Å². The van der Waals surface area contributed by atoms with Gasteiger partial charge in [0.15, 0.2) is 0 Å². The fraction of sp³-hybridized carbons (Fsp3) is 0.316. The van der Waals surface area contributed by atoms with E-state index in [1.165, 1.54) is 5.56 Å². The molecule has 1 saturated heterocycles. The van der Waals surface area contributed by atoms with Gasteiger partial charge in [0.25, 0.3) is 0 Å². The van der Waals surface area contributed by atoms with Crippen molar-refractivity contribution in [2.75, 3.05) is 31.1 Å². The second-order valence-electron chi connectivity index (χ2n) is 6.04. The van der Waals surface area contributed by atoms with Crippen LogP contribution < -0.4 is 10.2 Å². The van der Waals surface area contributed by atoms with Crippen LogP contribution in [0.5, 0.6) is 0 Å². The lowest BCUT2D eigenvalue weighted by Gasteiger charge is -2.36. The zero-order valence-corrected chi connectivity index (χ0v) is 14.6. The van der Waals surface area contributed by atoms with E-state index >= 15 is 0 Å². The van der Waals surface area contributed by atoms with Crippen LogP contribution in [-0.2, 0) is 6.54 Å². The van der Waals surface area contributed by atoms with Crippen LogP contribution in [0.4, 0.5) is 10.5 Å². The van der Waals surface area contributed by atoms with Gasteiger partial charge in [0, 0.05) is 43.4 Å². The highest BCUT2D eigenvalue weighted by molar-refractivity contribution is 6.30. The van der Waals surface area contributed by atoms with Gasteiger partial charge in [0.2, 0.25) is 0 Å².